The molecule has 1 aromatic carbocycles. The van der Waals surface area contributed by atoms with Gasteiger partial charge in [0, 0.05) is 5.88 Å². The molecular weight excluding hydrogens is 288 g/mol. The van der Waals surface area contributed by atoms with Crippen molar-refractivity contribution in [2.75, 3.05) is 5.88 Å². The summed E-state index contributed by atoms with van der Waals surface area (Å²) >= 11 is 5.78. The van der Waals surface area contributed by atoms with Gasteiger partial charge in [-0.25, -0.2) is 0 Å². The third-order valence-corrected chi connectivity index (χ3v) is 5.63. The highest BCUT2D eigenvalue weighted by Gasteiger charge is 2.21. The predicted octanol–water partition coefficient (Wildman–Crippen LogP) is 7.10. The molecule has 0 atom stereocenters. The first-order valence-corrected chi connectivity index (χ1v) is 10.0. The van der Waals surface area contributed by atoms with E-state index < -0.39 is 0 Å². The van der Waals surface area contributed by atoms with Crippen molar-refractivity contribution < 1.29 is 0 Å². The molecule has 2 rings (SSSR count). The van der Waals surface area contributed by atoms with Crippen LogP contribution in [0.3, 0.4) is 0 Å². The predicted molar refractivity (Wildman–Crippen MR) is 98.9 cm³/mol. The van der Waals surface area contributed by atoms with Gasteiger partial charge >= 0.3 is 0 Å². The molecular formula is C21H33Cl. The van der Waals surface area contributed by atoms with E-state index in [-0.39, 0.29) is 0 Å². The largest absolute Gasteiger partial charge is 0.127 e. The van der Waals surface area contributed by atoms with Crippen LogP contribution in [0.5, 0.6) is 0 Å². The molecule has 1 aliphatic rings. The van der Waals surface area contributed by atoms with Crippen LogP contribution in [-0.2, 0) is 6.42 Å². The van der Waals surface area contributed by atoms with Crippen molar-refractivity contribution in [1.29, 1.82) is 0 Å². The van der Waals surface area contributed by atoms with Gasteiger partial charge in [0.05, 0.1) is 0 Å². The zero-order valence-electron chi connectivity index (χ0n) is 14.3. The SMILES string of the molecule is CCCCCc1ccc(C2CCC(CCCCCl)CC2)cc1. The van der Waals surface area contributed by atoms with Gasteiger partial charge in [-0.2, -0.15) is 0 Å². The third kappa shape index (κ3) is 5.95. The van der Waals surface area contributed by atoms with Crippen molar-refractivity contribution in [3.05, 3.63) is 35.4 Å². The maximum atomic E-state index is 5.78. The first kappa shape index (κ1) is 17.9. The molecule has 1 aromatic rings. The summed E-state index contributed by atoms with van der Waals surface area (Å²) in [5.74, 6) is 2.61. The molecule has 1 saturated carbocycles. The van der Waals surface area contributed by atoms with Crippen molar-refractivity contribution in [3.63, 3.8) is 0 Å². The lowest BCUT2D eigenvalue weighted by Gasteiger charge is -2.29. The minimum absolute atomic E-state index is 0.814. The van der Waals surface area contributed by atoms with Crippen LogP contribution in [-0.4, -0.2) is 5.88 Å². The molecule has 0 spiro atoms. The number of alkyl halides is 1. The molecule has 0 heterocycles. The first-order chi connectivity index (χ1) is 10.8. The molecule has 0 unspecified atom stereocenters. The standard InChI is InChI=1S/C21H33Cl/c1-2-3-4-7-18-9-13-20(14-10-18)21-15-11-19(12-16-21)8-5-6-17-22/h9-10,13-14,19,21H,2-8,11-12,15-17H2,1H3. The van der Waals surface area contributed by atoms with E-state index in [4.69, 9.17) is 11.6 Å². The van der Waals surface area contributed by atoms with E-state index in [1.54, 1.807) is 5.56 Å². The summed E-state index contributed by atoms with van der Waals surface area (Å²) in [5, 5.41) is 0. The van der Waals surface area contributed by atoms with Crippen LogP contribution in [0.25, 0.3) is 0 Å². The smallest absolute Gasteiger partial charge is 0.0223 e. The molecule has 0 nitrogen and oxygen atoms in total. The molecule has 22 heavy (non-hydrogen) atoms. The summed E-state index contributed by atoms with van der Waals surface area (Å²) in [6, 6.07) is 9.55. The molecule has 1 heteroatoms. The van der Waals surface area contributed by atoms with Gasteiger partial charge in [0.2, 0.25) is 0 Å². The first-order valence-electron chi connectivity index (χ1n) is 9.48. The van der Waals surface area contributed by atoms with Crippen LogP contribution in [0.15, 0.2) is 24.3 Å². The van der Waals surface area contributed by atoms with E-state index in [1.165, 1.54) is 76.2 Å². The Hall–Kier alpha value is -0.490. The Morgan fingerprint density at radius 2 is 1.64 bits per heavy atom. The Morgan fingerprint density at radius 3 is 2.27 bits per heavy atom. The highest BCUT2D eigenvalue weighted by molar-refractivity contribution is 6.17. The molecule has 0 aliphatic heterocycles. The van der Waals surface area contributed by atoms with Crippen molar-refractivity contribution in [1.82, 2.24) is 0 Å². The normalized spacial score (nSPS) is 21.9. The van der Waals surface area contributed by atoms with Gasteiger partial charge < -0.3 is 0 Å². The quantitative estimate of drug-likeness (QED) is 0.336. The number of halogens is 1. The lowest BCUT2D eigenvalue weighted by atomic mass is 9.77. The second-order valence-electron chi connectivity index (χ2n) is 7.10. The molecule has 0 radical (unpaired) electrons. The average molecular weight is 321 g/mol. The second-order valence-corrected chi connectivity index (χ2v) is 7.48. The van der Waals surface area contributed by atoms with E-state index in [1.807, 2.05) is 0 Å². The Balaban J connectivity index is 1.74. The number of hydrogen-bond donors (Lipinski definition) is 0. The van der Waals surface area contributed by atoms with Crippen molar-refractivity contribution >= 4 is 11.6 Å². The summed E-state index contributed by atoms with van der Waals surface area (Å²) in [5.41, 5.74) is 3.10. The molecule has 0 bridgehead atoms. The van der Waals surface area contributed by atoms with E-state index in [0.717, 1.165) is 17.7 Å². The van der Waals surface area contributed by atoms with Gasteiger partial charge in [0.1, 0.15) is 0 Å². The van der Waals surface area contributed by atoms with Crippen LogP contribution in [0.1, 0.15) is 88.2 Å². The Kier molecular flexibility index (Phi) is 8.37. The maximum Gasteiger partial charge on any atom is 0.0223 e. The van der Waals surface area contributed by atoms with Crippen molar-refractivity contribution in [2.45, 2.75) is 83.5 Å². The lowest BCUT2D eigenvalue weighted by molar-refractivity contribution is 0.304. The monoisotopic (exact) mass is 320 g/mol. The fourth-order valence-corrected chi connectivity index (χ4v) is 4.04. The summed E-state index contributed by atoms with van der Waals surface area (Å²) in [4.78, 5) is 0. The summed E-state index contributed by atoms with van der Waals surface area (Å²) in [7, 11) is 0. The minimum Gasteiger partial charge on any atom is -0.127 e. The van der Waals surface area contributed by atoms with Gasteiger partial charge in [0.15, 0.2) is 0 Å². The minimum atomic E-state index is 0.814. The number of benzene rings is 1. The molecule has 0 N–H and O–H groups in total. The Morgan fingerprint density at radius 1 is 0.909 bits per heavy atom. The lowest BCUT2D eigenvalue weighted by Crippen LogP contribution is -2.13. The van der Waals surface area contributed by atoms with Crippen LogP contribution in [0.4, 0.5) is 0 Å². The van der Waals surface area contributed by atoms with Gasteiger partial charge in [-0.05, 0) is 67.9 Å². The molecule has 1 aliphatic carbocycles. The van der Waals surface area contributed by atoms with Gasteiger partial charge in [-0.1, -0.05) is 56.9 Å². The summed E-state index contributed by atoms with van der Waals surface area (Å²) in [6.07, 6.45) is 14.8. The maximum absolute atomic E-state index is 5.78. The topological polar surface area (TPSA) is 0 Å². The third-order valence-electron chi connectivity index (χ3n) is 5.36. The highest BCUT2D eigenvalue weighted by Crippen LogP contribution is 2.37. The van der Waals surface area contributed by atoms with Crippen LogP contribution in [0, 0.1) is 5.92 Å². The van der Waals surface area contributed by atoms with E-state index in [0.29, 0.717) is 0 Å². The number of rotatable bonds is 9. The Bertz CT molecular complexity index is 387. The zero-order valence-corrected chi connectivity index (χ0v) is 15.1. The van der Waals surface area contributed by atoms with Crippen LogP contribution < -0.4 is 0 Å². The fraction of sp³-hybridized carbons (Fsp3) is 0.714. The van der Waals surface area contributed by atoms with E-state index in [9.17, 15) is 0 Å². The Labute approximate surface area is 142 Å². The van der Waals surface area contributed by atoms with Crippen molar-refractivity contribution in [3.8, 4) is 0 Å². The van der Waals surface area contributed by atoms with E-state index in [2.05, 4.69) is 31.2 Å². The molecule has 0 aromatic heterocycles. The van der Waals surface area contributed by atoms with Gasteiger partial charge in [-0.15, -0.1) is 11.6 Å². The molecule has 1 fully saturated rings. The average Bonchev–Trinajstić information content (AvgIpc) is 2.57. The van der Waals surface area contributed by atoms with Crippen LogP contribution >= 0.6 is 11.6 Å². The summed E-state index contributed by atoms with van der Waals surface area (Å²) < 4.78 is 0. The van der Waals surface area contributed by atoms with E-state index >= 15 is 0 Å². The summed E-state index contributed by atoms with van der Waals surface area (Å²) in [6.45, 7) is 2.27. The molecule has 0 saturated heterocycles. The number of unbranched alkanes of at least 4 members (excludes halogenated alkanes) is 3. The molecule has 124 valence electrons. The second kappa shape index (κ2) is 10.3. The number of hydrogen-bond acceptors (Lipinski definition) is 0. The zero-order chi connectivity index (χ0) is 15.6. The molecule has 0 amide bonds. The van der Waals surface area contributed by atoms with Crippen LogP contribution in [0.2, 0.25) is 0 Å². The highest BCUT2D eigenvalue weighted by atomic mass is 35.5. The van der Waals surface area contributed by atoms with Gasteiger partial charge in [-0.3, -0.25) is 0 Å². The van der Waals surface area contributed by atoms with Gasteiger partial charge in [0.25, 0.3) is 0 Å². The number of aryl methyl sites for hydroxylation is 1. The van der Waals surface area contributed by atoms with Crippen molar-refractivity contribution in [2.24, 2.45) is 5.92 Å². The fourth-order valence-electron chi connectivity index (χ4n) is 3.85.